The third-order valence-corrected chi connectivity index (χ3v) is 5.43. The highest BCUT2D eigenvalue weighted by atomic mass is 127. The normalized spacial score (nSPS) is 14.3. The summed E-state index contributed by atoms with van der Waals surface area (Å²) in [6.07, 6.45) is 6.17. The molecule has 1 aliphatic rings. The third kappa shape index (κ3) is 3.99. The number of aromatic nitrogens is 3. The van der Waals surface area contributed by atoms with Crippen molar-refractivity contribution in [1.82, 2.24) is 20.3 Å². The van der Waals surface area contributed by atoms with Crippen LogP contribution in [0.25, 0.3) is 0 Å². The molecule has 1 unspecified atom stereocenters. The molecule has 11 heteroatoms. The topological polar surface area (TPSA) is 146 Å². The van der Waals surface area contributed by atoms with Crippen LogP contribution >= 0.6 is 21.3 Å². The molecule has 0 fully saturated rings. The zero-order chi connectivity index (χ0) is 18.5. The number of ketones is 1. The molecular weight excluding hydrogens is 453 g/mol. The fraction of sp³-hybridized carbons (Fsp3) is 0.133. The van der Waals surface area contributed by atoms with E-state index >= 15 is 0 Å². The molecule has 0 saturated heterocycles. The van der Waals surface area contributed by atoms with Crippen LogP contribution in [0.1, 0.15) is 5.69 Å². The number of nitrogens with one attached hydrogen (secondary N) is 2. The van der Waals surface area contributed by atoms with Crippen LogP contribution in [0.5, 0.6) is 0 Å². The lowest BCUT2D eigenvalue weighted by Crippen LogP contribution is -2.48. The number of aromatic amines is 1. The Morgan fingerprint density at radius 2 is 2.19 bits per heavy atom. The number of nitrogens with zero attached hydrogens (tertiary/aromatic N) is 4. The van der Waals surface area contributed by atoms with Gasteiger partial charge in [0.25, 0.3) is 11.8 Å². The first-order chi connectivity index (χ1) is 12.6. The first-order valence-corrected chi connectivity index (χ1v) is 9.37. The average Bonchev–Trinajstić information content (AvgIpc) is 3.32. The SMILES string of the molecule is NC(=O)C(=O)C(Cc1ccc[nH]1)NC(=O)C1=CN=IN1c1ccncn1. The lowest BCUT2D eigenvalue weighted by atomic mass is 10.1. The van der Waals surface area contributed by atoms with Crippen LogP contribution in [0.3, 0.4) is 0 Å². The molecule has 134 valence electrons. The molecule has 1 aliphatic heterocycles. The number of hydrogen-bond donors (Lipinski definition) is 3. The quantitative estimate of drug-likeness (QED) is 0.304. The van der Waals surface area contributed by atoms with E-state index in [1.165, 1.54) is 12.5 Å². The van der Waals surface area contributed by atoms with Crippen LogP contribution in [0, 0.1) is 0 Å². The third-order valence-electron chi connectivity index (χ3n) is 3.45. The maximum Gasteiger partial charge on any atom is 0.287 e. The van der Waals surface area contributed by atoms with Crippen LogP contribution < -0.4 is 14.2 Å². The molecule has 0 saturated carbocycles. The summed E-state index contributed by atoms with van der Waals surface area (Å²) in [5.41, 5.74) is 6.05. The molecular formula is C15H14IN7O3. The molecule has 1 atom stereocenters. The van der Waals surface area contributed by atoms with Crippen molar-refractivity contribution in [3.63, 3.8) is 0 Å². The zero-order valence-corrected chi connectivity index (χ0v) is 15.5. The van der Waals surface area contributed by atoms with Gasteiger partial charge in [-0.05, 0) is 12.1 Å². The minimum absolute atomic E-state index is 0.119. The van der Waals surface area contributed by atoms with Gasteiger partial charge in [0.2, 0.25) is 5.78 Å². The van der Waals surface area contributed by atoms with Gasteiger partial charge >= 0.3 is 0 Å². The van der Waals surface area contributed by atoms with E-state index in [0.29, 0.717) is 11.5 Å². The van der Waals surface area contributed by atoms with Crippen LogP contribution in [0.4, 0.5) is 5.82 Å². The highest BCUT2D eigenvalue weighted by molar-refractivity contribution is 14.2. The van der Waals surface area contributed by atoms with Crippen LogP contribution in [-0.2, 0) is 20.8 Å². The van der Waals surface area contributed by atoms with Crippen molar-refractivity contribution in [3.8, 4) is 0 Å². The van der Waals surface area contributed by atoms with Gasteiger partial charge in [0.15, 0.2) is 0 Å². The van der Waals surface area contributed by atoms with Gasteiger partial charge in [-0.15, -0.1) is 0 Å². The number of rotatable bonds is 7. The van der Waals surface area contributed by atoms with Crippen molar-refractivity contribution < 1.29 is 14.4 Å². The predicted octanol–water partition coefficient (Wildman–Crippen LogP) is 0.317. The Balaban J connectivity index is 1.77. The summed E-state index contributed by atoms with van der Waals surface area (Å²) in [7, 11) is 0. The molecule has 26 heavy (non-hydrogen) atoms. The van der Waals surface area contributed by atoms with Crippen LogP contribution in [0.2, 0.25) is 0 Å². The predicted molar refractivity (Wildman–Crippen MR) is 99.7 cm³/mol. The smallest absolute Gasteiger partial charge is 0.287 e. The second kappa shape index (κ2) is 7.95. The number of anilines is 1. The maximum absolute atomic E-state index is 12.7. The van der Waals surface area contributed by atoms with Gasteiger partial charge in [0.1, 0.15) is 45.2 Å². The van der Waals surface area contributed by atoms with Crippen molar-refractivity contribution in [1.29, 1.82) is 0 Å². The van der Waals surface area contributed by atoms with Gasteiger partial charge in [-0.2, -0.15) is 0 Å². The average molecular weight is 467 g/mol. The largest absolute Gasteiger partial charge is 0.365 e. The van der Waals surface area contributed by atoms with E-state index in [-0.39, 0.29) is 12.1 Å². The van der Waals surface area contributed by atoms with Gasteiger partial charge in [0, 0.05) is 30.6 Å². The number of Topliss-reactive ketones (excluding diaryl/α,β-unsaturated/α-hetero) is 1. The van der Waals surface area contributed by atoms with Gasteiger partial charge in [-0.1, -0.05) is 0 Å². The molecule has 2 aromatic rings. The summed E-state index contributed by atoms with van der Waals surface area (Å²) >= 11 is -0.840. The van der Waals surface area contributed by atoms with Crippen molar-refractivity contribution >= 4 is 44.7 Å². The van der Waals surface area contributed by atoms with Crippen LogP contribution in [0.15, 0.2) is 52.0 Å². The van der Waals surface area contributed by atoms with Gasteiger partial charge in [-0.25, -0.2) is 13.1 Å². The van der Waals surface area contributed by atoms with Gasteiger partial charge in [-0.3, -0.25) is 17.5 Å². The molecule has 0 aliphatic carbocycles. The zero-order valence-electron chi connectivity index (χ0n) is 13.3. The number of carbonyl (C=O) groups is 3. The van der Waals surface area contributed by atoms with Crippen molar-refractivity contribution in [2.75, 3.05) is 3.11 Å². The molecule has 0 aromatic carbocycles. The summed E-state index contributed by atoms with van der Waals surface area (Å²) < 4.78 is 5.85. The molecule has 0 bridgehead atoms. The van der Waals surface area contributed by atoms with E-state index in [9.17, 15) is 14.4 Å². The number of hydrogen-bond acceptors (Lipinski definition) is 7. The molecule has 4 N–H and O–H groups in total. The molecule has 3 heterocycles. The summed E-state index contributed by atoms with van der Waals surface area (Å²) in [5, 5.41) is 2.57. The Bertz CT molecular complexity index is 880. The number of halogens is 1. The highest BCUT2D eigenvalue weighted by Crippen LogP contribution is 2.31. The number of carbonyl (C=O) groups excluding carboxylic acids is 3. The monoisotopic (exact) mass is 467 g/mol. The van der Waals surface area contributed by atoms with E-state index < -0.39 is 44.9 Å². The number of nitrogens with two attached hydrogens (primary N) is 1. The summed E-state index contributed by atoms with van der Waals surface area (Å²) in [4.78, 5) is 47.0. The van der Waals surface area contributed by atoms with Gasteiger partial charge < -0.3 is 16.0 Å². The summed E-state index contributed by atoms with van der Waals surface area (Å²) in [6.45, 7) is 0. The fourth-order valence-electron chi connectivity index (χ4n) is 2.24. The Morgan fingerprint density at radius 1 is 1.35 bits per heavy atom. The lowest BCUT2D eigenvalue weighted by molar-refractivity contribution is -0.138. The lowest BCUT2D eigenvalue weighted by Gasteiger charge is -2.19. The van der Waals surface area contributed by atoms with Crippen molar-refractivity contribution in [3.05, 3.63) is 54.5 Å². The maximum atomic E-state index is 12.7. The van der Waals surface area contributed by atoms with Crippen LogP contribution in [-0.4, -0.2) is 38.6 Å². The molecule has 10 nitrogen and oxygen atoms in total. The second-order valence-corrected chi connectivity index (χ2v) is 7.14. The van der Waals surface area contributed by atoms with Gasteiger partial charge in [0.05, 0.1) is 6.20 Å². The van der Waals surface area contributed by atoms with E-state index in [1.807, 2.05) is 0 Å². The summed E-state index contributed by atoms with van der Waals surface area (Å²) in [6, 6.07) is 4.08. The first-order valence-electron chi connectivity index (χ1n) is 7.44. The molecule has 2 amide bonds. The Kier molecular flexibility index (Phi) is 5.46. The molecule has 2 aromatic heterocycles. The van der Waals surface area contributed by atoms with E-state index in [2.05, 4.69) is 23.4 Å². The molecule has 3 rings (SSSR count). The van der Waals surface area contributed by atoms with Crippen molar-refractivity contribution in [2.24, 2.45) is 8.88 Å². The Hall–Kier alpha value is -2.96. The second-order valence-electron chi connectivity index (χ2n) is 5.19. The van der Waals surface area contributed by atoms with E-state index in [4.69, 9.17) is 5.73 Å². The number of H-pyrrole nitrogens is 1. The number of primary amides is 1. The molecule has 0 spiro atoms. The standard InChI is InChI=1S/C15H14IN7O3/c17-14(25)13(24)10(6-9-2-1-4-19-9)22-15(26)11-7-21-16-23(11)12-3-5-18-8-20-12/h1-5,7-8,10,19H,6H2,(H2,17,25)(H,22,26). The Labute approximate surface area is 158 Å². The summed E-state index contributed by atoms with van der Waals surface area (Å²) in [5.74, 6) is -1.97. The minimum Gasteiger partial charge on any atom is -0.365 e. The van der Waals surface area contributed by atoms with Crippen molar-refractivity contribution in [2.45, 2.75) is 12.5 Å². The fourth-order valence-corrected chi connectivity index (χ4v) is 3.96. The number of amides is 2. The van der Waals surface area contributed by atoms with E-state index in [0.717, 1.165) is 0 Å². The van der Waals surface area contributed by atoms with E-state index in [1.54, 1.807) is 33.7 Å². The Morgan fingerprint density at radius 3 is 2.85 bits per heavy atom. The first kappa shape index (κ1) is 17.8. The molecule has 0 radical (unpaired) electrons. The highest BCUT2D eigenvalue weighted by Gasteiger charge is 2.30. The minimum atomic E-state index is -1.10.